The molecule has 3 N–H and O–H groups in total. The van der Waals surface area contributed by atoms with Crippen molar-refractivity contribution >= 4 is 43.6 Å². The molecule has 6 nitrogen and oxygen atoms in total. The van der Waals surface area contributed by atoms with Crippen LogP contribution in [0.2, 0.25) is 0 Å². The van der Waals surface area contributed by atoms with Gasteiger partial charge in [0.15, 0.2) is 0 Å². The van der Waals surface area contributed by atoms with Gasteiger partial charge in [-0.25, -0.2) is 5.06 Å². The van der Waals surface area contributed by atoms with E-state index in [1.807, 2.05) is 0 Å². The first-order valence-electron chi connectivity index (χ1n) is 2.59. The number of hydrogen-bond acceptors (Lipinski definition) is 3. The molecule has 1 amide bonds. The fraction of sp³-hybridized carbons (Fsp3) is 0.250. The summed E-state index contributed by atoms with van der Waals surface area (Å²) >= 11 is 0. The Hall–Kier alpha value is 0.320. The molecule has 0 aliphatic carbocycles. The predicted octanol–water partition coefficient (Wildman–Crippen LogP) is -1.12. The van der Waals surface area contributed by atoms with Gasteiger partial charge in [-0.3, -0.25) is 14.6 Å². The quantitative estimate of drug-likeness (QED) is 0.177. The minimum atomic E-state index is -4.17. The summed E-state index contributed by atoms with van der Waals surface area (Å²) in [6.07, 6.45) is 1.12. The first-order chi connectivity index (χ1) is 4.95. The average molecular weight is 205 g/mol. The molecule has 0 spiro atoms. The Morgan fingerprint density at radius 2 is 1.92 bits per heavy atom. The van der Waals surface area contributed by atoms with Crippen LogP contribution < -0.4 is 0 Å². The number of rotatable bonds is 4. The molecule has 12 heavy (non-hydrogen) atoms. The molecule has 0 fully saturated rings. The van der Waals surface area contributed by atoms with Gasteiger partial charge >= 0.3 is 37.2 Å². The SMILES string of the molecule is O=CN(O)CC=CP(=O)(O)O.[NaH]. The van der Waals surface area contributed by atoms with Crippen molar-refractivity contribution in [3.63, 3.8) is 0 Å². The second-order valence-electron chi connectivity index (χ2n) is 1.70. The molecule has 0 bridgehead atoms. The maximum absolute atomic E-state index is 10.1. The van der Waals surface area contributed by atoms with E-state index in [1.165, 1.54) is 0 Å². The van der Waals surface area contributed by atoms with E-state index in [1.54, 1.807) is 0 Å². The van der Waals surface area contributed by atoms with Gasteiger partial charge in [-0.1, -0.05) is 6.08 Å². The molecular formula is C4H9NNaO5P. The van der Waals surface area contributed by atoms with E-state index in [2.05, 4.69) is 0 Å². The zero-order chi connectivity index (χ0) is 8.91. The molecule has 0 aliphatic heterocycles. The van der Waals surface area contributed by atoms with Crippen LogP contribution >= 0.6 is 7.60 Å². The van der Waals surface area contributed by atoms with Gasteiger partial charge in [0.25, 0.3) is 0 Å². The van der Waals surface area contributed by atoms with Crippen LogP contribution in [0, 0.1) is 0 Å². The van der Waals surface area contributed by atoms with Crippen molar-refractivity contribution in [2.24, 2.45) is 0 Å². The fourth-order valence-electron chi connectivity index (χ4n) is 0.335. The fourth-order valence-corrected chi connectivity index (χ4v) is 0.704. The zero-order valence-electron chi connectivity index (χ0n) is 5.49. The normalized spacial score (nSPS) is 10.9. The third kappa shape index (κ3) is 10.3. The Balaban J connectivity index is 0. The number of hydrogen-bond donors (Lipinski definition) is 3. The van der Waals surface area contributed by atoms with Crippen LogP contribution in [0.1, 0.15) is 0 Å². The molecule has 0 saturated heterocycles. The molecule has 0 aliphatic rings. The molecule has 0 aromatic rings. The molecule has 0 atom stereocenters. The molecule has 0 rings (SSSR count). The van der Waals surface area contributed by atoms with Gasteiger partial charge in [0.1, 0.15) is 0 Å². The van der Waals surface area contributed by atoms with Crippen LogP contribution in [0.25, 0.3) is 0 Å². The van der Waals surface area contributed by atoms with Gasteiger partial charge in [0, 0.05) is 5.82 Å². The summed E-state index contributed by atoms with van der Waals surface area (Å²) in [7, 11) is -4.17. The van der Waals surface area contributed by atoms with Gasteiger partial charge in [-0.15, -0.1) is 0 Å². The molecule has 66 valence electrons. The second-order valence-corrected chi connectivity index (χ2v) is 3.18. The number of carbonyl (C=O) groups is 1. The van der Waals surface area contributed by atoms with Crippen LogP contribution in [0.5, 0.6) is 0 Å². The van der Waals surface area contributed by atoms with E-state index in [0.717, 1.165) is 6.08 Å². The Bertz CT molecular complexity index is 202. The summed E-state index contributed by atoms with van der Waals surface area (Å²) < 4.78 is 10.1. The molecular weight excluding hydrogens is 196 g/mol. The first kappa shape index (κ1) is 14.8. The number of hydroxylamine groups is 2. The van der Waals surface area contributed by atoms with Crippen molar-refractivity contribution in [3.05, 3.63) is 11.9 Å². The number of amides is 1. The molecule has 0 aromatic carbocycles. The number of carbonyl (C=O) groups excluding carboxylic acids is 1. The molecule has 0 aromatic heterocycles. The van der Waals surface area contributed by atoms with E-state index < -0.39 is 7.60 Å². The van der Waals surface area contributed by atoms with Gasteiger partial charge < -0.3 is 9.79 Å². The Morgan fingerprint density at radius 1 is 1.42 bits per heavy atom. The summed E-state index contributed by atoms with van der Waals surface area (Å²) in [6, 6.07) is 0. The Morgan fingerprint density at radius 3 is 2.25 bits per heavy atom. The van der Waals surface area contributed by atoms with E-state index in [0.29, 0.717) is 5.82 Å². The van der Waals surface area contributed by atoms with Crippen molar-refractivity contribution in [2.75, 3.05) is 6.54 Å². The third-order valence-electron chi connectivity index (χ3n) is 0.714. The Kier molecular flexibility index (Phi) is 8.39. The van der Waals surface area contributed by atoms with Crippen LogP contribution in [0.3, 0.4) is 0 Å². The van der Waals surface area contributed by atoms with Crippen molar-refractivity contribution in [1.29, 1.82) is 0 Å². The Labute approximate surface area is 91.3 Å². The van der Waals surface area contributed by atoms with Gasteiger partial charge in [0.05, 0.1) is 6.54 Å². The molecule has 0 saturated carbocycles. The van der Waals surface area contributed by atoms with Crippen molar-refractivity contribution in [3.8, 4) is 0 Å². The summed E-state index contributed by atoms with van der Waals surface area (Å²) in [5.74, 6) is 0.611. The van der Waals surface area contributed by atoms with Crippen molar-refractivity contribution < 1.29 is 24.4 Å². The summed E-state index contributed by atoms with van der Waals surface area (Å²) in [5, 5.41) is 8.67. The average Bonchev–Trinajstić information content (AvgIpc) is 1.85. The number of nitrogens with zero attached hydrogens (tertiary/aromatic N) is 1. The van der Waals surface area contributed by atoms with Crippen molar-refractivity contribution in [2.45, 2.75) is 0 Å². The van der Waals surface area contributed by atoms with Crippen LogP contribution in [-0.4, -0.2) is 62.6 Å². The van der Waals surface area contributed by atoms with Crippen LogP contribution in [0.4, 0.5) is 0 Å². The van der Waals surface area contributed by atoms with Gasteiger partial charge in [-0.2, -0.15) is 0 Å². The molecule has 8 heteroatoms. The van der Waals surface area contributed by atoms with Crippen LogP contribution in [-0.2, 0) is 9.36 Å². The van der Waals surface area contributed by atoms with Crippen LogP contribution in [0.15, 0.2) is 11.9 Å². The van der Waals surface area contributed by atoms with Gasteiger partial charge in [-0.05, 0) is 0 Å². The monoisotopic (exact) mass is 205 g/mol. The summed E-state index contributed by atoms with van der Waals surface area (Å²) in [4.78, 5) is 26.2. The zero-order valence-corrected chi connectivity index (χ0v) is 6.39. The first-order valence-corrected chi connectivity index (χ1v) is 4.27. The summed E-state index contributed by atoms with van der Waals surface area (Å²) in [5.41, 5.74) is 0. The minimum absolute atomic E-state index is 0. The second kappa shape index (κ2) is 6.80. The van der Waals surface area contributed by atoms with Crippen molar-refractivity contribution in [1.82, 2.24) is 5.06 Å². The summed E-state index contributed by atoms with van der Waals surface area (Å²) in [6.45, 7) is -0.241. The van der Waals surface area contributed by atoms with Gasteiger partial charge in [0.2, 0.25) is 6.41 Å². The maximum atomic E-state index is 10.1. The molecule has 0 unspecified atom stereocenters. The van der Waals surface area contributed by atoms with E-state index in [-0.39, 0.29) is 47.6 Å². The van der Waals surface area contributed by atoms with E-state index in [9.17, 15) is 9.36 Å². The standard InChI is InChI=1S/C4H8NO5P.Na.H/c6-4-5(7)2-1-3-11(8,9)10;;/h1,3-4,7H,2H2,(H2,8,9,10);;. The molecule has 0 radical (unpaired) electrons. The third-order valence-corrected chi connectivity index (χ3v) is 1.31. The van der Waals surface area contributed by atoms with E-state index in [4.69, 9.17) is 15.0 Å². The molecule has 0 heterocycles. The topological polar surface area (TPSA) is 98.1 Å². The van der Waals surface area contributed by atoms with E-state index >= 15 is 0 Å². The predicted molar refractivity (Wildman–Crippen MR) is 42.9 cm³/mol.